The average Bonchev–Trinajstić information content (AvgIpc) is 2.69. The summed E-state index contributed by atoms with van der Waals surface area (Å²) in [6, 6.07) is 5.04. The molecule has 1 amide bonds. The maximum absolute atomic E-state index is 12.8. The van der Waals surface area contributed by atoms with Gasteiger partial charge in [0.05, 0.1) is 19.9 Å². The standard InChI is InChI=1S/C19H25N3O5S/c1-22-16(19(23)20-14-7-5-4-6-8-14)12-15(21-28(22,24)25)13-9-10-17(26-2)18(11-13)27-3/h9-12,14H,4-8H2,1-3H3,(H,20,23). The van der Waals surface area contributed by atoms with Crippen LogP contribution >= 0.6 is 0 Å². The minimum absolute atomic E-state index is 0.0466. The number of rotatable bonds is 5. The molecule has 0 unspecified atom stereocenters. The van der Waals surface area contributed by atoms with Gasteiger partial charge in [0.1, 0.15) is 5.70 Å². The largest absolute Gasteiger partial charge is 0.493 e. The first-order valence-corrected chi connectivity index (χ1v) is 10.6. The quantitative estimate of drug-likeness (QED) is 0.805. The molecule has 3 rings (SSSR count). The van der Waals surface area contributed by atoms with Crippen molar-refractivity contribution in [1.82, 2.24) is 9.62 Å². The third-order valence-electron chi connectivity index (χ3n) is 5.02. The van der Waals surface area contributed by atoms with Crippen LogP contribution in [0.4, 0.5) is 0 Å². The molecule has 0 spiro atoms. The van der Waals surface area contributed by atoms with E-state index in [4.69, 9.17) is 9.47 Å². The van der Waals surface area contributed by atoms with Crippen LogP contribution in [0.15, 0.2) is 34.4 Å². The van der Waals surface area contributed by atoms with E-state index in [0.29, 0.717) is 17.1 Å². The molecule has 1 aliphatic carbocycles. The van der Waals surface area contributed by atoms with Crippen LogP contribution in [0.3, 0.4) is 0 Å². The molecule has 1 fully saturated rings. The van der Waals surface area contributed by atoms with E-state index in [2.05, 4.69) is 9.71 Å². The minimum Gasteiger partial charge on any atom is -0.493 e. The van der Waals surface area contributed by atoms with Gasteiger partial charge in [0.15, 0.2) is 11.5 Å². The summed E-state index contributed by atoms with van der Waals surface area (Å²) in [5, 5.41) is 2.96. The van der Waals surface area contributed by atoms with Crippen LogP contribution in [-0.4, -0.2) is 51.7 Å². The van der Waals surface area contributed by atoms with Crippen molar-refractivity contribution in [3.8, 4) is 11.5 Å². The van der Waals surface area contributed by atoms with Crippen molar-refractivity contribution in [3.05, 3.63) is 35.5 Å². The maximum Gasteiger partial charge on any atom is 0.345 e. The molecule has 1 saturated carbocycles. The van der Waals surface area contributed by atoms with Crippen LogP contribution in [0.25, 0.3) is 0 Å². The van der Waals surface area contributed by atoms with Gasteiger partial charge >= 0.3 is 10.2 Å². The Bertz CT molecular complexity index is 917. The second-order valence-electron chi connectivity index (χ2n) is 6.83. The van der Waals surface area contributed by atoms with Gasteiger partial charge in [-0.2, -0.15) is 8.42 Å². The lowest BCUT2D eigenvalue weighted by molar-refractivity contribution is -0.119. The number of likely N-dealkylation sites (N-methyl/N-ethyl adjacent to an activating group) is 1. The molecule has 28 heavy (non-hydrogen) atoms. The second-order valence-corrected chi connectivity index (χ2v) is 8.46. The Hall–Kier alpha value is -2.55. The molecule has 0 radical (unpaired) electrons. The molecule has 0 saturated heterocycles. The zero-order valence-electron chi connectivity index (χ0n) is 16.3. The van der Waals surface area contributed by atoms with Gasteiger partial charge in [0.25, 0.3) is 5.91 Å². The Morgan fingerprint density at radius 1 is 1.14 bits per heavy atom. The number of allylic oxidation sites excluding steroid dienone is 1. The molecular weight excluding hydrogens is 382 g/mol. The number of hydrogen-bond acceptors (Lipinski definition) is 5. The van der Waals surface area contributed by atoms with Crippen LogP contribution < -0.4 is 14.8 Å². The summed E-state index contributed by atoms with van der Waals surface area (Å²) in [6.45, 7) is 0. The number of carbonyl (C=O) groups is 1. The molecule has 0 atom stereocenters. The van der Waals surface area contributed by atoms with E-state index in [1.54, 1.807) is 18.2 Å². The van der Waals surface area contributed by atoms with Crippen molar-refractivity contribution in [2.24, 2.45) is 4.40 Å². The number of carbonyl (C=O) groups excluding carboxylic acids is 1. The van der Waals surface area contributed by atoms with E-state index in [1.165, 1.54) is 33.8 Å². The lowest BCUT2D eigenvalue weighted by Crippen LogP contribution is -2.43. The maximum atomic E-state index is 12.8. The molecule has 1 aromatic rings. The molecule has 0 bridgehead atoms. The normalized spacial score (nSPS) is 19.5. The fourth-order valence-corrected chi connectivity index (χ4v) is 4.32. The van der Waals surface area contributed by atoms with E-state index in [9.17, 15) is 13.2 Å². The minimum atomic E-state index is -4.01. The van der Waals surface area contributed by atoms with Crippen molar-refractivity contribution >= 4 is 21.8 Å². The summed E-state index contributed by atoms with van der Waals surface area (Å²) >= 11 is 0. The summed E-state index contributed by atoms with van der Waals surface area (Å²) < 4.78 is 40.3. The van der Waals surface area contributed by atoms with E-state index < -0.39 is 16.1 Å². The lowest BCUT2D eigenvalue weighted by Gasteiger charge is -2.27. The fraction of sp³-hybridized carbons (Fsp3) is 0.474. The van der Waals surface area contributed by atoms with Gasteiger partial charge in [-0.1, -0.05) is 19.3 Å². The predicted octanol–water partition coefficient (Wildman–Crippen LogP) is 2.02. The van der Waals surface area contributed by atoms with Gasteiger partial charge in [-0.15, -0.1) is 4.40 Å². The van der Waals surface area contributed by atoms with Crippen LogP contribution in [0.1, 0.15) is 37.7 Å². The van der Waals surface area contributed by atoms with Crippen molar-refractivity contribution in [2.75, 3.05) is 21.3 Å². The average molecular weight is 407 g/mol. The van der Waals surface area contributed by atoms with Crippen LogP contribution in [0.5, 0.6) is 11.5 Å². The summed E-state index contributed by atoms with van der Waals surface area (Å²) in [4.78, 5) is 12.8. The third kappa shape index (κ3) is 4.14. The number of nitrogens with zero attached hydrogens (tertiary/aromatic N) is 2. The lowest BCUT2D eigenvalue weighted by atomic mass is 9.95. The van der Waals surface area contributed by atoms with E-state index >= 15 is 0 Å². The number of methoxy groups -OCH3 is 2. The molecule has 1 heterocycles. The first-order valence-electron chi connectivity index (χ1n) is 9.19. The Morgan fingerprint density at radius 2 is 1.82 bits per heavy atom. The van der Waals surface area contributed by atoms with Crippen molar-refractivity contribution in [1.29, 1.82) is 0 Å². The highest BCUT2D eigenvalue weighted by Gasteiger charge is 2.31. The van der Waals surface area contributed by atoms with Crippen LogP contribution in [0, 0.1) is 0 Å². The Morgan fingerprint density at radius 3 is 2.46 bits per heavy atom. The van der Waals surface area contributed by atoms with Gasteiger partial charge in [-0.25, -0.2) is 4.31 Å². The monoisotopic (exact) mass is 407 g/mol. The van der Waals surface area contributed by atoms with Gasteiger partial charge in [-0.3, -0.25) is 4.79 Å². The number of hydrogen-bond donors (Lipinski definition) is 1. The van der Waals surface area contributed by atoms with Gasteiger partial charge in [0.2, 0.25) is 0 Å². The van der Waals surface area contributed by atoms with Crippen molar-refractivity contribution in [2.45, 2.75) is 38.1 Å². The summed E-state index contributed by atoms with van der Waals surface area (Å²) in [6.07, 6.45) is 6.60. The number of amides is 1. The first-order chi connectivity index (χ1) is 13.4. The Kier molecular flexibility index (Phi) is 5.93. The van der Waals surface area contributed by atoms with Gasteiger partial charge in [-0.05, 0) is 37.1 Å². The molecular formula is C19H25N3O5S. The van der Waals surface area contributed by atoms with Crippen molar-refractivity contribution < 1.29 is 22.7 Å². The SMILES string of the molecule is COc1ccc(C2=NS(=O)(=O)N(C)C(C(=O)NC3CCCCC3)=C2)cc1OC. The van der Waals surface area contributed by atoms with Gasteiger partial charge < -0.3 is 14.8 Å². The number of benzene rings is 1. The number of ether oxygens (including phenoxy) is 2. The zero-order chi connectivity index (χ0) is 20.3. The second kappa shape index (κ2) is 8.22. The van der Waals surface area contributed by atoms with Gasteiger partial charge in [0, 0.05) is 18.7 Å². The highest BCUT2D eigenvalue weighted by atomic mass is 32.2. The topological polar surface area (TPSA) is 97.3 Å². The summed E-state index contributed by atoms with van der Waals surface area (Å²) in [5.74, 6) is 0.549. The van der Waals surface area contributed by atoms with Crippen LogP contribution in [0.2, 0.25) is 0 Å². The zero-order valence-corrected chi connectivity index (χ0v) is 17.1. The molecule has 8 nitrogen and oxygen atoms in total. The molecule has 152 valence electrons. The Labute approximate surface area is 165 Å². The van der Waals surface area contributed by atoms with Crippen LogP contribution in [-0.2, 0) is 15.0 Å². The smallest absolute Gasteiger partial charge is 0.345 e. The molecule has 1 aliphatic heterocycles. The highest BCUT2D eigenvalue weighted by Crippen LogP contribution is 2.29. The first kappa shape index (κ1) is 20.2. The van der Waals surface area contributed by atoms with E-state index in [1.807, 2.05) is 0 Å². The molecule has 9 heteroatoms. The van der Waals surface area contributed by atoms with E-state index in [-0.39, 0.29) is 17.5 Å². The molecule has 2 aliphatic rings. The predicted molar refractivity (Wildman–Crippen MR) is 106 cm³/mol. The number of nitrogens with one attached hydrogen (secondary N) is 1. The molecule has 0 aromatic heterocycles. The third-order valence-corrected chi connectivity index (χ3v) is 6.34. The Balaban J connectivity index is 1.93. The molecule has 1 N–H and O–H groups in total. The fourth-order valence-electron chi connectivity index (χ4n) is 3.40. The van der Waals surface area contributed by atoms with Crippen molar-refractivity contribution in [3.63, 3.8) is 0 Å². The summed E-state index contributed by atoms with van der Waals surface area (Å²) in [7, 11) is 0.331. The molecule has 1 aromatic carbocycles. The highest BCUT2D eigenvalue weighted by molar-refractivity contribution is 7.88. The summed E-state index contributed by atoms with van der Waals surface area (Å²) in [5.41, 5.74) is 0.732. The van der Waals surface area contributed by atoms with E-state index in [0.717, 1.165) is 30.0 Å².